The Labute approximate surface area is 126 Å². The molecule has 4 nitrogen and oxygen atoms in total. The van der Waals surface area contributed by atoms with Crippen molar-refractivity contribution in [2.24, 2.45) is 0 Å². The summed E-state index contributed by atoms with van der Waals surface area (Å²) < 4.78 is 4.90. The molecule has 0 saturated heterocycles. The summed E-state index contributed by atoms with van der Waals surface area (Å²) in [6, 6.07) is 9.30. The zero-order valence-electron chi connectivity index (χ0n) is 11.2. The molecule has 0 aliphatic carbocycles. The highest BCUT2D eigenvalue weighted by atomic mass is 35.5. The predicted molar refractivity (Wildman–Crippen MR) is 82.1 cm³/mol. The van der Waals surface area contributed by atoms with E-state index >= 15 is 0 Å². The van der Waals surface area contributed by atoms with Gasteiger partial charge in [0.15, 0.2) is 5.82 Å². The van der Waals surface area contributed by atoms with Crippen LogP contribution in [-0.2, 0) is 10.5 Å². The number of hydrogen-bond donors (Lipinski definition) is 1. The third-order valence-electron chi connectivity index (χ3n) is 2.66. The van der Waals surface area contributed by atoms with Crippen LogP contribution in [0.1, 0.15) is 18.2 Å². The van der Waals surface area contributed by atoms with Crippen LogP contribution in [0, 0.1) is 6.92 Å². The molecule has 0 aliphatic heterocycles. The van der Waals surface area contributed by atoms with Gasteiger partial charge in [0.2, 0.25) is 5.91 Å². The summed E-state index contributed by atoms with van der Waals surface area (Å²) in [6.45, 7) is 3.64. The number of carbonyl (C=O) groups is 1. The highest BCUT2D eigenvalue weighted by molar-refractivity contribution is 7.99. The quantitative estimate of drug-likeness (QED) is 0.910. The maximum atomic E-state index is 12.0. The lowest BCUT2D eigenvalue weighted by Crippen LogP contribution is -2.22. The smallest absolute Gasteiger partial charge is 0.238 e. The topological polar surface area (TPSA) is 55.1 Å². The van der Waals surface area contributed by atoms with Crippen LogP contribution in [0.15, 0.2) is 34.9 Å². The molecule has 0 spiro atoms. The van der Waals surface area contributed by atoms with Gasteiger partial charge in [-0.15, -0.1) is 11.8 Å². The van der Waals surface area contributed by atoms with Gasteiger partial charge in [0.25, 0.3) is 0 Å². The first-order chi connectivity index (χ1) is 9.54. The molecule has 1 N–H and O–H groups in total. The first-order valence-electron chi connectivity index (χ1n) is 6.15. The van der Waals surface area contributed by atoms with Crippen LogP contribution >= 0.6 is 23.4 Å². The summed E-state index contributed by atoms with van der Waals surface area (Å²) in [6.07, 6.45) is 0. The second kappa shape index (κ2) is 6.81. The van der Waals surface area contributed by atoms with Gasteiger partial charge in [-0.1, -0.05) is 28.9 Å². The Morgan fingerprint density at radius 1 is 1.45 bits per heavy atom. The molecular weight excluding hydrogens is 296 g/mol. The molecule has 106 valence electrons. The number of nitrogens with zero attached hydrogens (tertiary/aromatic N) is 1. The average Bonchev–Trinajstić information content (AvgIpc) is 2.83. The molecule has 1 atom stereocenters. The van der Waals surface area contributed by atoms with E-state index in [4.69, 9.17) is 16.1 Å². The number of nitrogens with one attached hydrogen (secondary N) is 1. The highest BCUT2D eigenvalue weighted by Crippen LogP contribution is 2.20. The van der Waals surface area contributed by atoms with E-state index in [-0.39, 0.29) is 11.2 Å². The van der Waals surface area contributed by atoms with Gasteiger partial charge in [0, 0.05) is 16.8 Å². The minimum absolute atomic E-state index is 0.0859. The number of aromatic nitrogens is 1. The van der Waals surface area contributed by atoms with Crippen molar-refractivity contribution in [2.45, 2.75) is 24.9 Å². The Hall–Kier alpha value is -1.46. The molecule has 0 bridgehead atoms. The van der Waals surface area contributed by atoms with Crippen LogP contribution in [0.25, 0.3) is 0 Å². The summed E-state index contributed by atoms with van der Waals surface area (Å²) in [5.41, 5.74) is 1.14. The van der Waals surface area contributed by atoms with Crippen molar-refractivity contribution in [1.82, 2.24) is 5.16 Å². The molecule has 20 heavy (non-hydrogen) atoms. The summed E-state index contributed by atoms with van der Waals surface area (Å²) in [5, 5.41) is 6.99. The van der Waals surface area contributed by atoms with Crippen LogP contribution in [0.2, 0.25) is 5.02 Å². The van der Waals surface area contributed by atoms with Crippen molar-refractivity contribution in [3.05, 3.63) is 46.7 Å². The molecule has 0 radical (unpaired) electrons. The molecule has 1 aromatic carbocycles. The maximum Gasteiger partial charge on any atom is 0.238 e. The van der Waals surface area contributed by atoms with E-state index in [0.29, 0.717) is 16.6 Å². The van der Waals surface area contributed by atoms with Crippen molar-refractivity contribution in [3.63, 3.8) is 0 Å². The molecule has 0 unspecified atom stereocenters. The lowest BCUT2D eigenvalue weighted by atomic mass is 10.2. The van der Waals surface area contributed by atoms with Gasteiger partial charge < -0.3 is 9.84 Å². The fourth-order valence-corrected chi connectivity index (χ4v) is 2.50. The Bertz CT molecular complexity index is 583. The van der Waals surface area contributed by atoms with E-state index in [1.165, 1.54) is 0 Å². The fraction of sp³-hybridized carbons (Fsp3) is 0.286. The van der Waals surface area contributed by atoms with Crippen molar-refractivity contribution < 1.29 is 9.32 Å². The van der Waals surface area contributed by atoms with E-state index in [2.05, 4.69) is 10.5 Å². The molecular formula is C14H15ClN2O2S. The van der Waals surface area contributed by atoms with Gasteiger partial charge in [-0.25, -0.2) is 0 Å². The minimum atomic E-state index is -0.178. The predicted octanol–water partition coefficient (Wildman–Crippen LogP) is 3.90. The zero-order valence-corrected chi connectivity index (χ0v) is 12.8. The van der Waals surface area contributed by atoms with Gasteiger partial charge >= 0.3 is 0 Å². The number of benzene rings is 1. The largest absolute Gasteiger partial charge is 0.360 e. The summed E-state index contributed by atoms with van der Waals surface area (Å²) in [5.74, 6) is 1.79. The van der Waals surface area contributed by atoms with Crippen LogP contribution < -0.4 is 5.32 Å². The Kier molecular flexibility index (Phi) is 5.09. The van der Waals surface area contributed by atoms with Crippen LogP contribution in [0.5, 0.6) is 0 Å². The lowest BCUT2D eigenvalue weighted by molar-refractivity contribution is -0.115. The first-order valence-corrected chi connectivity index (χ1v) is 7.57. The van der Waals surface area contributed by atoms with Gasteiger partial charge in [0.1, 0.15) is 5.76 Å². The second-order valence-electron chi connectivity index (χ2n) is 4.39. The van der Waals surface area contributed by atoms with Crippen molar-refractivity contribution >= 4 is 35.1 Å². The standard InChI is InChI=1S/C14H15ClN2O2S/c1-9-7-13(17-19-9)16-14(18)10(2)20-8-11-3-5-12(15)6-4-11/h3-7,10H,8H2,1-2H3,(H,16,17,18)/t10-/m0/s1. The molecule has 2 rings (SSSR count). The van der Waals surface area contributed by atoms with Crippen LogP contribution in [0.4, 0.5) is 5.82 Å². The molecule has 0 saturated carbocycles. The molecule has 0 fully saturated rings. The first kappa shape index (κ1) is 14.9. The molecule has 1 heterocycles. The second-order valence-corrected chi connectivity index (χ2v) is 6.16. The van der Waals surface area contributed by atoms with E-state index in [0.717, 1.165) is 11.3 Å². The van der Waals surface area contributed by atoms with Gasteiger partial charge in [-0.2, -0.15) is 0 Å². The fourth-order valence-electron chi connectivity index (χ4n) is 1.53. The SMILES string of the molecule is Cc1cc(NC(=O)[C@H](C)SCc2ccc(Cl)cc2)no1. The molecule has 2 aromatic rings. The van der Waals surface area contributed by atoms with Crippen molar-refractivity contribution in [1.29, 1.82) is 0 Å². The number of thioether (sulfide) groups is 1. The Morgan fingerprint density at radius 2 is 2.15 bits per heavy atom. The normalized spacial score (nSPS) is 12.2. The summed E-state index contributed by atoms with van der Waals surface area (Å²) in [4.78, 5) is 12.0. The average molecular weight is 311 g/mol. The van der Waals surface area contributed by atoms with Crippen LogP contribution in [-0.4, -0.2) is 16.3 Å². The van der Waals surface area contributed by atoms with Crippen LogP contribution in [0.3, 0.4) is 0 Å². The third kappa shape index (κ3) is 4.28. The molecule has 1 aromatic heterocycles. The Morgan fingerprint density at radius 3 is 2.75 bits per heavy atom. The van der Waals surface area contributed by atoms with Gasteiger partial charge in [0.05, 0.1) is 5.25 Å². The number of rotatable bonds is 5. The third-order valence-corrected chi connectivity index (χ3v) is 4.13. The number of carbonyl (C=O) groups excluding carboxylic acids is 1. The van der Waals surface area contributed by atoms with Gasteiger partial charge in [-0.05, 0) is 31.5 Å². The number of halogens is 1. The highest BCUT2D eigenvalue weighted by Gasteiger charge is 2.15. The molecule has 6 heteroatoms. The van der Waals surface area contributed by atoms with E-state index in [1.54, 1.807) is 24.8 Å². The Balaban J connectivity index is 1.83. The van der Waals surface area contributed by atoms with Gasteiger partial charge in [-0.3, -0.25) is 4.79 Å². The lowest BCUT2D eigenvalue weighted by Gasteiger charge is -2.10. The molecule has 1 amide bonds. The molecule has 0 aliphatic rings. The zero-order chi connectivity index (χ0) is 14.5. The number of aryl methyl sites for hydroxylation is 1. The van der Waals surface area contributed by atoms with Crippen molar-refractivity contribution in [2.75, 3.05) is 5.32 Å². The number of amides is 1. The number of hydrogen-bond acceptors (Lipinski definition) is 4. The number of anilines is 1. The summed E-state index contributed by atoms with van der Waals surface area (Å²) in [7, 11) is 0. The van der Waals surface area contributed by atoms with E-state index < -0.39 is 0 Å². The minimum Gasteiger partial charge on any atom is -0.360 e. The maximum absolute atomic E-state index is 12.0. The van der Waals surface area contributed by atoms with Crippen molar-refractivity contribution in [3.8, 4) is 0 Å². The van der Waals surface area contributed by atoms with E-state index in [1.807, 2.05) is 31.2 Å². The summed E-state index contributed by atoms with van der Waals surface area (Å²) >= 11 is 7.39. The van der Waals surface area contributed by atoms with E-state index in [9.17, 15) is 4.79 Å². The monoisotopic (exact) mass is 310 g/mol.